The molecule has 0 aromatic rings. The fourth-order valence-electron chi connectivity index (χ4n) is 3.50. The van der Waals surface area contributed by atoms with Crippen LogP contribution in [0.3, 0.4) is 0 Å². The van der Waals surface area contributed by atoms with Gasteiger partial charge in [-0.25, -0.2) is 0 Å². The van der Waals surface area contributed by atoms with Gasteiger partial charge in [0.2, 0.25) is 0 Å². The van der Waals surface area contributed by atoms with Crippen LogP contribution >= 0.6 is 0 Å². The standard InChI is InChI=1S/C15H27NO/c1-14-6-5-10-16(11-7-14)12-15(13-17)8-3-2-4-9-15/h13-14H,2-12H2,1H3. The summed E-state index contributed by atoms with van der Waals surface area (Å²) in [6, 6.07) is 0. The van der Waals surface area contributed by atoms with Crippen LogP contribution in [0, 0.1) is 11.3 Å². The van der Waals surface area contributed by atoms with E-state index in [1.54, 1.807) is 0 Å². The number of nitrogens with zero attached hydrogens (tertiary/aromatic N) is 1. The molecular formula is C15H27NO. The van der Waals surface area contributed by atoms with Crippen LogP contribution in [0.25, 0.3) is 0 Å². The lowest BCUT2D eigenvalue weighted by molar-refractivity contribution is -0.119. The Morgan fingerprint density at radius 1 is 1.12 bits per heavy atom. The predicted molar refractivity (Wildman–Crippen MR) is 71.0 cm³/mol. The van der Waals surface area contributed by atoms with Crippen LogP contribution in [0.5, 0.6) is 0 Å². The van der Waals surface area contributed by atoms with Crippen molar-refractivity contribution in [2.75, 3.05) is 19.6 Å². The molecule has 1 unspecified atom stereocenters. The Morgan fingerprint density at radius 2 is 1.88 bits per heavy atom. The van der Waals surface area contributed by atoms with E-state index >= 15 is 0 Å². The first-order valence-corrected chi connectivity index (χ1v) is 7.43. The van der Waals surface area contributed by atoms with E-state index in [0.29, 0.717) is 0 Å². The smallest absolute Gasteiger partial charge is 0.127 e. The molecule has 17 heavy (non-hydrogen) atoms. The number of hydrogen-bond acceptors (Lipinski definition) is 2. The maximum atomic E-state index is 11.5. The summed E-state index contributed by atoms with van der Waals surface area (Å²) in [7, 11) is 0. The van der Waals surface area contributed by atoms with Crippen LogP contribution in [0.2, 0.25) is 0 Å². The molecule has 0 aromatic carbocycles. The molecule has 2 rings (SSSR count). The highest BCUT2D eigenvalue weighted by Gasteiger charge is 2.33. The molecule has 1 saturated carbocycles. The van der Waals surface area contributed by atoms with E-state index in [1.165, 1.54) is 57.9 Å². The highest BCUT2D eigenvalue weighted by molar-refractivity contribution is 5.60. The Morgan fingerprint density at radius 3 is 2.59 bits per heavy atom. The zero-order chi connectivity index (χ0) is 12.1. The summed E-state index contributed by atoms with van der Waals surface area (Å²) in [6.45, 7) is 5.81. The van der Waals surface area contributed by atoms with Gasteiger partial charge < -0.3 is 9.69 Å². The van der Waals surface area contributed by atoms with Gasteiger partial charge in [0, 0.05) is 12.0 Å². The number of aldehydes is 1. The summed E-state index contributed by atoms with van der Waals surface area (Å²) in [5, 5.41) is 0. The molecule has 0 N–H and O–H groups in total. The summed E-state index contributed by atoms with van der Waals surface area (Å²) < 4.78 is 0. The van der Waals surface area contributed by atoms with Gasteiger partial charge in [0.1, 0.15) is 6.29 Å². The lowest BCUT2D eigenvalue weighted by atomic mass is 9.75. The van der Waals surface area contributed by atoms with E-state index < -0.39 is 0 Å². The maximum absolute atomic E-state index is 11.5. The molecule has 1 aliphatic heterocycles. The monoisotopic (exact) mass is 237 g/mol. The Kier molecular flexibility index (Phi) is 4.61. The highest BCUT2D eigenvalue weighted by atomic mass is 16.1. The van der Waals surface area contributed by atoms with Crippen LogP contribution in [0.15, 0.2) is 0 Å². The lowest BCUT2D eigenvalue weighted by Crippen LogP contribution is -2.40. The number of likely N-dealkylation sites (tertiary alicyclic amines) is 1. The second-order valence-corrected chi connectivity index (χ2v) is 6.35. The molecule has 0 amide bonds. The lowest BCUT2D eigenvalue weighted by Gasteiger charge is -2.36. The van der Waals surface area contributed by atoms with Crippen LogP contribution in [-0.4, -0.2) is 30.8 Å². The van der Waals surface area contributed by atoms with Crippen molar-refractivity contribution in [2.45, 2.75) is 58.3 Å². The Labute approximate surface area is 106 Å². The maximum Gasteiger partial charge on any atom is 0.127 e. The van der Waals surface area contributed by atoms with E-state index in [1.807, 2.05) is 0 Å². The van der Waals surface area contributed by atoms with E-state index in [2.05, 4.69) is 11.8 Å². The third kappa shape index (κ3) is 3.54. The topological polar surface area (TPSA) is 20.3 Å². The molecule has 2 fully saturated rings. The Bertz CT molecular complexity index is 245. The Balaban J connectivity index is 1.91. The highest BCUT2D eigenvalue weighted by Crippen LogP contribution is 2.35. The molecule has 0 aromatic heterocycles. The van der Waals surface area contributed by atoms with Gasteiger partial charge in [-0.15, -0.1) is 0 Å². The second-order valence-electron chi connectivity index (χ2n) is 6.35. The quantitative estimate of drug-likeness (QED) is 0.702. The van der Waals surface area contributed by atoms with Crippen LogP contribution < -0.4 is 0 Å². The largest absolute Gasteiger partial charge is 0.303 e. The number of carbonyl (C=O) groups excluding carboxylic acids is 1. The number of hydrogen-bond donors (Lipinski definition) is 0. The van der Waals surface area contributed by atoms with Gasteiger partial charge in [0.25, 0.3) is 0 Å². The Hall–Kier alpha value is -0.370. The van der Waals surface area contributed by atoms with Gasteiger partial charge >= 0.3 is 0 Å². The van der Waals surface area contributed by atoms with Crippen molar-refractivity contribution in [3.8, 4) is 0 Å². The van der Waals surface area contributed by atoms with E-state index in [-0.39, 0.29) is 5.41 Å². The van der Waals surface area contributed by atoms with E-state index in [0.717, 1.165) is 25.3 Å². The average molecular weight is 237 g/mol. The summed E-state index contributed by atoms with van der Waals surface area (Å²) >= 11 is 0. The minimum absolute atomic E-state index is 0.00578. The zero-order valence-corrected chi connectivity index (χ0v) is 11.3. The molecule has 0 spiro atoms. The van der Waals surface area contributed by atoms with Gasteiger partial charge in [0.15, 0.2) is 0 Å². The van der Waals surface area contributed by atoms with Crippen molar-refractivity contribution in [1.29, 1.82) is 0 Å². The zero-order valence-electron chi connectivity index (χ0n) is 11.3. The molecule has 2 nitrogen and oxygen atoms in total. The van der Waals surface area contributed by atoms with Gasteiger partial charge in [-0.05, 0) is 51.1 Å². The second kappa shape index (κ2) is 5.99. The van der Waals surface area contributed by atoms with Crippen molar-refractivity contribution in [1.82, 2.24) is 4.90 Å². The van der Waals surface area contributed by atoms with E-state index in [9.17, 15) is 4.79 Å². The predicted octanol–water partition coefficient (Wildman–Crippen LogP) is 3.26. The van der Waals surface area contributed by atoms with Crippen molar-refractivity contribution >= 4 is 6.29 Å². The van der Waals surface area contributed by atoms with Gasteiger partial charge in [0.05, 0.1) is 0 Å². The number of rotatable bonds is 3. The van der Waals surface area contributed by atoms with Gasteiger partial charge in [-0.3, -0.25) is 0 Å². The minimum atomic E-state index is 0.00578. The van der Waals surface area contributed by atoms with Crippen molar-refractivity contribution in [2.24, 2.45) is 11.3 Å². The fraction of sp³-hybridized carbons (Fsp3) is 0.933. The molecule has 1 heterocycles. The summed E-state index contributed by atoms with van der Waals surface area (Å²) in [4.78, 5) is 14.0. The van der Waals surface area contributed by atoms with Gasteiger partial charge in [-0.2, -0.15) is 0 Å². The first-order chi connectivity index (χ1) is 8.24. The molecule has 1 saturated heterocycles. The van der Waals surface area contributed by atoms with Crippen LogP contribution in [0.1, 0.15) is 58.3 Å². The fourth-order valence-corrected chi connectivity index (χ4v) is 3.50. The minimum Gasteiger partial charge on any atom is -0.303 e. The summed E-state index contributed by atoms with van der Waals surface area (Å²) in [6.07, 6.45) is 11.4. The first-order valence-electron chi connectivity index (χ1n) is 7.43. The van der Waals surface area contributed by atoms with Crippen molar-refractivity contribution in [3.63, 3.8) is 0 Å². The summed E-state index contributed by atoms with van der Waals surface area (Å²) in [5.74, 6) is 0.874. The third-order valence-electron chi connectivity index (χ3n) is 4.75. The van der Waals surface area contributed by atoms with Gasteiger partial charge in [-0.1, -0.05) is 26.2 Å². The SMILES string of the molecule is CC1CCCN(CC2(C=O)CCCCC2)CC1. The number of carbonyl (C=O) groups is 1. The van der Waals surface area contributed by atoms with Crippen molar-refractivity contribution < 1.29 is 4.79 Å². The van der Waals surface area contributed by atoms with Crippen LogP contribution in [0.4, 0.5) is 0 Å². The molecule has 0 bridgehead atoms. The molecule has 98 valence electrons. The third-order valence-corrected chi connectivity index (χ3v) is 4.75. The molecule has 1 aliphatic carbocycles. The van der Waals surface area contributed by atoms with Crippen molar-refractivity contribution in [3.05, 3.63) is 0 Å². The summed E-state index contributed by atoms with van der Waals surface area (Å²) in [5.41, 5.74) is 0.00578. The molecule has 1 atom stereocenters. The average Bonchev–Trinajstić information content (AvgIpc) is 2.56. The normalized spacial score (nSPS) is 30.8. The van der Waals surface area contributed by atoms with E-state index in [4.69, 9.17) is 0 Å². The molecule has 2 aliphatic rings. The first kappa shape index (κ1) is 13.1. The molecule has 2 heteroatoms. The van der Waals surface area contributed by atoms with Crippen LogP contribution in [-0.2, 0) is 4.79 Å². The molecular weight excluding hydrogens is 210 g/mol. The molecule has 0 radical (unpaired) electrons.